The third-order valence-corrected chi connectivity index (χ3v) is 4.74. The number of rotatable bonds is 4. The Morgan fingerprint density at radius 1 is 0.964 bits per heavy atom. The zero-order chi connectivity index (χ0) is 18.9. The summed E-state index contributed by atoms with van der Waals surface area (Å²) in [5.74, 6) is 0.566. The van der Waals surface area contributed by atoms with E-state index in [-0.39, 0.29) is 0 Å². The van der Waals surface area contributed by atoms with E-state index in [1.165, 1.54) is 0 Å². The highest BCUT2D eigenvalue weighted by atomic mass is 32.1. The summed E-state index contributed by atoms with van der Waals surface area (Å²) in [6.45, 7) is 0. The molecule has 5 rings (SSSR count). The SMILES string of the molecule is S=c1[nH]nc(-c2cc(-c3ccccc3)n[nH]2)n1/N=C/c1c[nH]c2ccccc12. The fourth-order valence-corrected chi connectivity index (χ4v) is 3.27. The lowest BCUT2D eigenvalue weighted by molar-refractivity contribution is 0.866. The summed E-state index contributed by atoms with van der Waals surface area (Å²) in [5.41, 5.74) is 4.60. The zero-order valence-electron chi connectivity index (χ0n) is 14.6. The summed E-state index contributed by atoms with van der Waals surface area (Å²) >= 11 is 5.35. The molecule has 0 spiro atoms. The number of aromatic amines is 3. The van der Waals surface area contributed by atoms with E-state index in [9.17, 15) is 0 Å². The minimum atomic E-state index is 0.405. The maximum atomic E-state index is 5.35. The topological polar surface area (TPSA) is 90.4 Å². The van der Waals surface area contributed by atoms with Gasteiger partial charge in [-0.2, -0.15) is 20.0 Å². The van der Waals surface area contributed by atoms with Crippen molar-refractivity contribution in [2.45, 2.75) is 0 Å². The van der Waals surface area contributed by atoms with E-state index in [0.717, 1.165) is 33.4 Å². The van der Waals surface area contributed by atoms with Crippen molar-refractivity contribution in [1.29, 1.82) is 0 Å². The summed E-state index contributed by atoms with van der Waals surface area (Å²) in [5, 5.41) is 20.1. The highest BCUT2D eigenvalue weighted by Crippen LogP contribution is 2.23. The third-order valence-electron chi connectivity index (χ3n) is 4.47. The van der Waals surface area contributed by atoms with E-state index in [1.807, 2.05) is 66.9 Å². The number of H-pyrrole nitrogens is 3. The maximum Gasteiger partial charge on any atom is 0.216 e. The highest BCUT2D eigenvalue weighted by Gasteiger charge is 2.12. The molecule has 3 heterocycles. The van der Waals surface area contributed by atoms with Crippen LogP contribution < -0.4 is 0 Å². The summed E-state index contributed by atoms with van der Waals surface area (Å²) < 4.78 is 1.99. The molecule has 8 heteroatoms. The third kappa shape index (κ3) is 2.85. The monoisotopic (exact) mass is 385 g/mol. The number of benzene rings is 2. The van der Waals surface area contributed by atoms with Gasteiger partial charge >= 0.3 is 0 Å². The molecule has 0 aliphatic carbocycles. The molecular formula is C20H15N7S. The molecule has 0 unspecified atom stereocenters. The van der Waals surface area contributed by atoms with Crippen LogP contribution in [0.2, 0.25) is 0 Å². The molecule has 0 radical (unpaired) electrons. The second kappa shape index (κ2) is 6.75. The first-order valence-electron chi connectivity index (χ1n) is 8.69. The molecule has 0 amide bonds. The van der Waals surface area contributed by atoms with Crippen LogP contribution in [0.4, 0.5) is 0 Å². The van der Waals surface area contributed by atoms with Crippen LogP contribution in [0.3, 0.4) is 0 Å². The molecule has 0 saturated carbocycles. The molecule has 136 valence electrons. The minimum Gasteiger partial charge on any atom is -0.361 e. The first-order chi connectivity index (χ1) is 13.8. The van der Waals surface area contributed by atoms with Gasteiger partial charge in [0.15, 0.2) is 0 Å². The van der Waals surface area contributed by atoms with E-state index in [2.05, 4.69) is 30.5 Å². The van der Waals surface area contributed by atoms with Crippen molar-refractivity contribution in [2.24, 2.45) is 5.10 Å². The minimum absolute atomic E-state index is 0.405. The van der Waals surface area contributed by atoms with E-state index >= 15 is 0 Å². The molecule has 0 saturated heterocycles. The van der Waals surface area contributed by atoms with Gasteiger partial charge in [-0.1, -0.05) is 48.5 Å². The van der Waals surface area contributed by atoms with E-state index in [4.69, 9.17) is 12.2 Å². The molecule has 28 heavy (non-hydrogen) atoms. The zero-order valence-corrected chi connectivity index (χ0v) is 15.4. The van der Waals surface area contributed by atoms with Crippen molar-refractivity contribution in [3.8, 4) is 22.8 Å². The van der Waals surface area contributed by atoms with Gasteiger partial charge in [-0.25, -0.2) is 5.10 Å². The number of nitrogens with one attached hydrogen (secondary N) is 3. The number of hydrogen-bond acceptors (Lipinski definition) is 4. The quantitative estimate of drug-likeness (QED) is 0.317. The molecule has 2 aromatic carbocycles. The Hall–Kier alpha value is -3.78. The van der Waals surface area contributed by atoms with Gasteiger partial charge in [0.2, 0.25) is 10.6 Å². The molecule has 0 bridgehead atoms. The number of hydrogen-bond donors (Lipinski definition) is 3. The second-order valence-corrected chi connectivity index (χ2v) is 6.62. The van der Waals surface area contributed by atoms with Crippen molar-refractivity contribution in [2.75, 3.05) is 0 Å². The average Bonchev–Trinajstić information content (AvgIpc) is 3.46. The van der Waals surface area contributed by atoms with Crippen LogP contribution in [0.15, 0.2) is 72.0 Å². The standard InChI is InChI=1S/C20H15N7S/c28-20-26-25-19(18-10-17(23-24-18)13-6-2-1-3-7-13)27(20)22-12-14-11-21-16-9-5-4-8-15(14)16/h1-12,21H,(H,23,24)(H,26,28)/b22-12+. The fraction of sp³-hybridized carbons (Fsp3) is 0. The molecule has 3 aromatic heterocycles. The van der Waals surface area contributed by atoms with E-state index in [1.54, 1.807) is 10.9 Å². The lowest BCUT2D eigenvalue weighted by Crippen LogP contribution is -1.95. The first kappa shape index (κ1) is 16.4. The van der Waals surface area contributed by atoms with Crippen molar-refractivity contribution < 1.29 is 0 Å². The number of nitrogens with zero attached hydrogens (tertiary/aromatic N) is 4. The first-order valence-corrected chi connectivity index (χ1v) is 9.09. The van der Waals surface area contributed by atoms with Crippen LogP contribution in [0, 0.1) is 4.77 Å². The Bertz CT molecular complexity index is 1340. The van der Waals surface area contributed by atoms with Gasteiger partial charge < -0.3 is 4.98 Å². The summed E-state index contributed by atoms with van der Waals surface area (Å²) in [7, 11) is 0. The molecule has 5 aromatic rings. The van der Waals surface area contributed by atoms with Gasteiger partial charge in [0, 0.05) is 28.2 Å². The van der Waals surface area contributed by atoms with Crippen LogP contribution in [-0.2, 0) is 0 Å². The van der Waals surface area contributed by atoms with Gasteiger partial charge in [-0.05, 0) is 24.4 Å². The molecule has 0 aliphatic rings. The molecule has 0 aliphatic heterocycles. The van der Waals surface area contributed by atoms with E-state index in [0.29, 0.717) is 10.6 Å². The van der Waals surface area contributed by atoms with Crippen molar-refractivity contribution in [1.82, 2.24) is 30.1 Å². The van der Waals surface area contributed by atoms with Crippen LogP contribution in [-0.4, -0.2) is 36.3 Å². The number of para-hydroxylation sites is 1. The van der Waals surface area contributed by atoms with Crippen LogP contribution in [0.25, 0.3) is 33.7 Å². The molecular weight excluding hydrogens is 370 g/mol. The largest absolute Gasteiger partial charge is 0.361 e. The average molecular weight is 385 g/mol. The van der Waals surface area contributed by atoms with Crippen molar-refractivity contribution >= 4 is 29.3 Å². The molecule has 0 atom stereocenters. The van der Waals surface area contributed by atoms with Crippen LogP contribution in [0.1, 0.15) is 5.56 Å². The highest BCUT2D eigenvalue weighted by molar-refractivity contribution is 7.71. The van der Waals surface area contributed by atoms with Crippen LogP contribution >= 0.6 is 12.2 Å². The molecule has 0 fully saturated rings. The van der Waals surface area contributed by atoms with Gasteiger partial charge in [-0.15, -0.1) is 0 Å². The number of fused-ring (bicyclic) bond motifs is 1. The number of aromatic nitrogens is 6. The molecule has 7 nitrogen and oxygen atoms in total. The lowest BCUT2D eigenvalue weighted by Gasteiger charge is -1.97. The van der Waals surface area contributed by atoms with Crippen molar-refractivity contribution in [3.05, 3.63) is 77.2 Å². The fourth-order valence-electron chi connectivity index (χ4n) is 3.09. The van der Waals surface area contributed by atoms with Crippen LogP contribution in [0.5, 0.6) is 0 Å². The van der Waals surface area contributed by atoms with Crippen molar-refractivity contribution in [3.63, 3.8) is 0 Å². The Kier molecular flexibility index (Phi) is 3.95. The lowest BCUT2D eigenvalue weighted by atomic mass is 10.1. The van der Waals surface area contributed by atoms with Gasteiger partial charge in [0.1, 0.15) is 5.69 Å². The Balaban J connectivity index is 1.52. The Labute approximate surface area is 164 Å². The Morgan fingerprint density at radius 3 is 2.68 bits per heavy atom. The maximum absolute atomic E-state index is 5.35. The predicted molar refractivity (Wildman–Crippen MR) is 112 cm³/mol. The second-order valence-electron chi connectivity index (χ2n) is 6.23. The van der Waals surface area contributed by atoms with Gasteiger partial charge in [0.25, 0.3) is 0 Å². The normalized spacial score (nSPS) is 11.6. The van der Waals surface area contributed by atoms with Gasteiger partial charge in [0.05, 0.1) is 11.9 Å². The summed E-state index contributed by atoms with van der Waals surface area (Å²) in [6, 6.07) is 19.9. The predicted octanol–water partition coefficient (Wildman–Crippen LogP) is 4.36. The van der Waals surface area contributed by atoms with E-state index < -0.39 is 0 Å². The Morgan fingerprint density at radius 2 is 1.79 bits per heavy atom. The smallest absolute Gasteiger partial charge is 0.216 e. The van der Waals surface area contributed by atoms with Gasteiger partial charge in [-0.3, -0.25) is 5.10 Å². The summed E-state index contributed by atoms with van der Waals surface area (Å²) in [4.78, 5) is 3.23. The molecule has 3 N–H and O–H groups in total. The summed E-state index contributed by atoms with van der Waals surface area (Å²) in [6.07, 6.45) is 3.68.